The van der Waals surface area contributed by atoms with Crippen LogP contribution in [0.15, 0.2) is 0 Å². The first-order chi connectivity index (χ1) is 5.06. The van der Waals surface area contributed by atoms with E-state index in [4.69, 9.17) is 21.4 Å². The molecule has 0 spiro atoms. The lowest BCUT2D eigenvalue weighted by molar-refractivity contribution is -0.163. The van der Waals surface area contributed by atoms with E-state index in [1.54, 1.807) is 13.8 Å². The van der Waals surface area contributed by atoms with Gasteiger partial charge in [-0.05, 0) is 13.3 Å². The molecule has 66 valence electrons. The fraction of sp³-hybridized carbons (Fsp3) is 0.857. The minimum Gasteiger partial charge on any atom is -0.479 e. The number of rotatable bonds is 5. The van der Waals surface area contributed by atoms with E-state index in [2.05, 4.69) is 0 Å². The van der Waals surface area contributed by atoms with Gasteiger partial charge in [-0.1, -0.05) is 6.92 Å². The minimum atomic E-state index is -1.07. The molecule has 0 aromatic rings. The lowest BCUT2D eigenvalue weighted by Crippen LogP contribution is -2.38. The predicted octanol–water partition coefficient (Wildman–Crippen LogP) is 1.50. The number of hydrogen-bond donors (Lipinski definition) is 1. The average molecular weight is 181 g/mol. The molecule has 0 aliphatic heterocycles. The van der Waals surface area contributed by atoms with Crippen molar-refractivity contribution < 1.29 is 14.6 Å². The van der Waals surface area contributed by atoms with Crippen molar-refractivity contribution in [3.8, 4) is 0 Å². The highest BCUT2D eigenvalue weighted by Gasteiger charge is 2.31. The molecular formula is C7H13ClO3. The zero-order chi connectivity index (χ0) is 8.91. The topological polar surface area (TPSA) is 46.5 Å². The number of ether oxygens (including phenoxy) is 1. The summed E-state index contributed by atoms with van der Waals surface area (Å²) in [5.74, 6) is -0.617. The standard InChI is InChI=1S/C7H13ClO3/c1-3-7(2,6(9)10)11-5-4-8/h3-5H2,1-2H3,(H,9,10). The summed E-state index contributed by atoms with van der Waals surface area (Å²) in [5, 5.41) is 8.69. The second-order valence-corrected chi connectivity index (χ2v) is 2.80. The molecule has 0 saturated heterocycles. The van der Waals surface area contributed by atoms with Gasteiger partial charge in [0.2, 0.25) is 0 Å². The van der Waals surface area contributed by atoms with E-state index in [9.17, 15) is 4.79 Å². The van der Waals surface area contributed by atoms with Gasteiger partial charge in [0.05, 0.1) is 6.61 Å². The van der Waals surface area contributed by atoms with Crippen molar-refractivity contribution in [1.29, 1.82) is 0 Å². The van der Waals surface area contributed by atoms with E-state index in [1.165, 1.54) is 0 Å². The van der Waals surface area contributed by atoms with Crippen molar-refractivity contribution in [2.24, 2.45) is 0 Å². The van der Waals surface area contributed by atoms with Crippen molar-refractivity contribution in [3.63, 3.8) is 0 Å². The summed E-state index contributed by atoms with van der Waals surface area (Å²) in [6.07, 6.45) is 0.444. The molecule has 1 atom stereocenters. The molecule has 0 heterocycles. The van der Waals surface area contributed by atoms with Gasteiger partial charge in [-0.15, -0.1) is 11.6 Å². The molecule has 0 radical (unpaired) electrons. The number of carboxylic acids is 1. The van der Waals surface area contributed by atoms with Crippen molar-refractivity contribution in [2.45, 2.75) is 25.9 Å². The predicted molar refractivity (Wildman–Crippen MR) is 43.0 cm³/mol. The van der Waals surface area contributed by atoms with Crippen LogP contribution in [0.5, 0.6) is 0 Å². The van der Waals surface area contributed by atoms with Crippen LogP contribution in [0.3, 0.4) is 0 Å². The highest BCUT2D eigenvalue weighted by atomic mass is 35.5. The molecule has 0 fully saturated rings. The quantitative estimate of drug-likeness (QED) is 0.653. The maximum Gasteiger partial charge on any atom is 0.335 e. The number of carboxylic acid groups (broad SMARTS) is 1. The van der Waals surface area contributed by atoms with Crippen LogP contribution in [-0.4, -0.2) is 29.2 Å². The molecule has 11 heavy (non-hydrogen) atoms. The molecule has 0 rings (SSSR count). The largest absolute Gasteiger partial charge is 0.479 e. The SMILES string of the molecule is CCC(C)(OCCCl)C(=O)O. The molecule has 3 nitrogen and oxygen atoms in total. The third kappa shape index (κ3) is 3.08. The number of carbonyl (C=O) groups is 1. The summed E-state index contributed by atoms with van der Waals surface area (Å²) in [6.45, 7) is 3.59. The summed E-state index contributed by atoms with van der Waals surface area (Å²) < 4.78 is 5.06. The number of aliphatic carboxylic acids is 1. The molecule has 4 heteroatoms. The number of halogens is 1. The van der Waals surface area contributed by atoms with Gasteiger partial charge in [0.25, 0.3) is 0 Å². The highest BCUT2D eigenvalue weighted by molar-refractivity contribution is 6.17. The second kappa shape index (κ2) is 4.57. The second-order valence-electron chi connectivity index (χ2n) is 2.43. The molecule has 0 saturated carbocycles. The molecule has 0 aromatic heterocycles. The monoisotopic (exact) mass is 180 g/mol. The fourth-order valence-electron chi connectivity index (χ4n) is 0.579. The van der Waals surface area contributed by atoms with Gasteiger partial charge in [0.15, 0.2) is 5.60 Å². The lowest BCUT2D eigenvalue weighted by atomic mass is 10.0. The Labute approximate surface area is 71.3 Å². The van der Waals surface area contributed by atoms with Crippen LogP contribution in [0.2, 0.25) is 0 Å². The molecule has 0 aliphatic carbocycles. The zero-order valence-electron chi connectivity index (χ0n) is 6.76. The molecule has 0 aliphatic rings. The Morgan fingerprint density at radius 2 is 2.27 bits per heavy atom. The third-order valence-corrected chi connectivity index (χ3v) is 1.78. The summed E-state index contributed by atoms with van der Waals surface area (Å²) in [7, 11) is 0. The van der Waals surface area contributed by atoms with Crippen LogP contribution < -0.4 is 0 Å². The van der Waals surface area contributed by atoms with E-state index in [1.807, 2.05) is 0 Å². The maximum atomic E-state index is 10.6. The van der Waals surface area contributed by atoms with Gasteiger partial charge < -0.3 is 9.84 Å². The normalized spacial score (nSPS) is 15.9. The van der Waals surface area contributed by atoms with E-state index in [-0.39, 0.29) is 6.61 Å². The minimum absolute atomic E-state index is 0.276. The van der Waals surface area contributed by atoms with Crippen LogP contribution in [0, 0.1) is 0 Å². The Balaban J connectivity index is 3.99. The molecule has 0 bridgehead atoms. The maximum absolute atomic E-state index is 10.6. The molecule has 1 unspecified atom stereocenters. The summed E-state index contributed by atoms with van der Waals surface area (Å²) in [6, 6.07) is 0. The van der Waals surface area contributed by atoms with Gasteiger partial charge in [0, 0.05) is 5.88 Å². The molecule has 0 aromatic carbocycles. The van der Waals surface area contributed by atoms with Crippen LogP contribution in [0.4, 0.5) is 0 Å². The van der Waals surface area contributed by atoms with Crippen molar-refractivity contribution in [3.05, 3.63) is 0 Å². The molecule has 1 N–H and O–H groups in total. The Bertz CT molecular complexity index is 138. The molecule has 0 amide bonds. The summed E-state index contributed by atoms with van der Waals surface area (Å²) >= 11 is 5.35. The first kappa shape index (κ1) is 10.7. The Morgan fingerprint density at radius 3 is 2.55 bits per heavy atom. The summed E-state index contributed by atoms with van der Waals surface area (Å²) in [5.41, 5.74) is -1.07. The van der Waals surface area contributed by atoms with Crippen molar-refractivity contribution in [1.82, 2.24) is 0 Å². The molecular weight excluding hydrogens is 168 g/mol. The van der Waals surface area contributed by atoms with Crippen LogP contribution in [0.25, 0.3) is 0 Å². The summed E-state index contributed by atoms with van der Waals surface area (Å²) in [4.78, 5) is 10.6. The Morgan fingerprint density at radius 1 is 1.73 bits per heavy atom. The third-order valence-electron chi connectivity index (χ3n) is 1.62. The fourth-order valence-corrected chi connectivity index (χ4v) is 0.656. The van der Waals surface area contributed by atoms with Crippen LogP contribution in [0.1, 0.15) is 20.3 Å². The first-order valence-corrected chi connectivity index (χ1v) is 4.03. The van der Waals surface area contributed by atoms with Crippen LogP contribution >= 0.6 is 11.6 Å². The highest BCUT2D eigenvalue weighted by Crippen LogP contribution is 2.14. The van der Waals surface area contributed by atoms with E-state index < -0.39 is 11.6 Å². The Hall–Kier alpha value is -0.280. The first-order valence-electron chi connectivity index (χ1n) is 3.50. The van der Waals surface area contributed by atoms with Crippen molar-refractivity contribution in [2.75, 3.05) is 12.5 Å². The number of alkyl halides is 1. The van der Waals surface area contributed by atoms with E-state index in [0.717, 1.165) is 0 Å². The van der Waals surface area contributed by atoms with Gasteiger partial charge in [-0.3, -0.25) is 0 Å². The van der Waals surface area contributed by atoms with Gasteiger partial charge in [-0.25, -0.2) is 4.79 Å². The van der Waals surface area contributed by atoms with Gasteiger partial charge >= 0.3 is 5.97 Å². The zero-order valence-corrected chi connectivity index (χ0v) is 7.52. The van der Waals surface area contributed by atoms with E-state index >= 15 is 0 Å². The smallest absolute Gasteiger partial charge is 0.335 e. The average Bonchev–Trinajstić information content (AvgIpc) is 2.00. The van der Waals surface area contributed by atoms with E-state index in [0.29, 0.717) is 12.3 Å². The van der Waals surface area contributed by atoms with Crippen molar-refractivity contribution >= 4 is 17.6 Å². The van der Waals surface area contributed by atoms with Gasteiger partial charge in [0.1, 0.15) is 0 Å². The Kier molecular flexibility index (Phi) is 4.45. The van der Waals surface area contributed by atoms with Gasteiger partial charge in [-0.2, -0.15) is 0 Å². The lowest BCUT2D eigenvalue weighted by Gasteiger charge is -2.22. The number of hydrogen-bond acceptors (Lipinski definition) is 2. The van der Waals surface area contributed by atoms with Crippen LogP contribution in [-0.2, 0) is 9.53 Å².